The van der Waals surface area contributed by atoms with Crippen LogP contribution < -0.4 is 10.6 Å². The van der Waals surface area contributed by atoms with Gasteiger partial charge in [-0.2, -0.15) is 0 Å². The predicted octanol–water partition coefficient (Wildman–Crippen LogP) is 0.931. The van der Waals surface area contributed by atoms with Crippen LogP contribution in [0.4, 0.5) is 4.79 Å². The van der Waals surface area contributed by atoms with Crippen LogP contribution in [0, 0.1) is 0 Å². The molecular formula is C11H18N2O3S. The molecule has 0 aromatic rings. The summed E-state index contributed by atoms with van der Waals surface area (Å²) in [6, 6.07) is -0.534. The van der Waals surface area contributed by atoms with E-state index in [2.05, 4.69) is 10.6 Å². The SMILES string of the molecule is O=C(NC=C1CCCC1)NC1CCS(=O)(=O)C1. The maximum atomic E-state index is 11.5. The van der Waals surface area contributed by atoms with E-state index < -0.39 is 9.84 Å². The van der Waals surface area contributed by atoms with Gasteiger partial charge in [-0.05, 0) is 32.1 Å². The first kappa shape index (κ1) is 12.4. The molecular weight excluding hydrogens is 240 g/mol. The van der Waals surface area contributed by atoms with Crippen LogP contribution in [0.1, 0.15) is 32.1 Å². The molecule has 0 aromatic heterocycles. The minimum atomic E-state index is -2.93. The average molecular weight is 258 g/mol. The Morgan fingerprint density at radius 2 is 2.00 bits per heavy atom. The molecule has 96 valence electrons. The summed E-state index contributed by atoms with van der Waals surface area (Å²) in [4.78, 5) is 11.5. The third-order valence-corrected chi connectivity index (χ3v) is 4.99. The molecule has 0 aromatic carbocycles. The summed E-state index contributed by atoms with van der Waals surface area (Å²) >= 11 is 0. The maximum absolute atomic E-state index is 11.5. The highest BCUT2D eigenvalue weighted by molar-refractivity contribution is 7.91. The van der Waals surface area contributed by atoms with Crippen molar-refractivity contribution in [1.29, 1.82) is 0 Å². The molecule has 1 heterocycles. The highest BCUT2D eigenvalue weighted by Gasteiger charge is 2.28. The first-order valence-corrected chi connectivity index (χ1v) is 7.83. The van der Waals surface area contributed by atoms with E-state index in [0.29, 0.717) is 6.42 Å². The number of rotatable bonds is 2. The molecule has 1 unspecified atom stereocenters. The Hall–Kier alpha value is -1.04. The number of sulfone groups is 1. The summed E-state index contributed by atoms with van der Waals surface area (Å²) in [5.41, 5.74) is 1.26. The monoisotopic (exact) mass is 258 g/mol. The van der Waals surface area contributed by atoms with Crippen molar-refractivity contribution in [2.75, 3.05) is 11.5 Å². The highest BCUT2D eigenvalue weighted by Crippen LogP contribution is 2.22. The molecule has 2 fully saturated rings. The van der Waals surface area contributed by atoms with Crippen LogP contribution in [0.2, 0.25) is 0 Å². The topological polar surface area (TPSA) is 75.3 Å². The number of allylic oxidation sites excluding steroid dienone is 1. The molecule has 6 heteroatoms. The normalized spacial score (nSPS) is 26.8. The van der Waals surface area contributed by atoms with Gasteiger partial charge in [0, 0.05) is 12.2 Å². The third-order valence-electron chi connectivity index (χ3n) is 3.22. The molecule has 0 bridgehead atoms. The molecule has 17 heavy (non-hydrogen) atoms. The minimum absolute atomic E-state index is 0.0665. The average Bonchev–Trinajstić information content (AvgIpc) is 2.85. The zero-order chi connectivity index (χ0) is 12.3. The van der Waals surface area contributed by atoms with E-state index in [1.807, 2.05) is 0 Å². The fraction of sp³-hybridized carbons (Fsp3) is 0.727. The smallest absolute Gasteiger partial charge is 0.319 e. The molecule has 1 aliphatic heterocycles. The van der Waals surface area contributed by atoms with E-state index in [1.54, 1.807) is 6.20 Å². The number of carbonyl (C=O) groups excluding carboxylic acids is 1. The Morgan fingerprint density at radius 1 is 1.29 bits per heavy atom. The van der Waals surface area contributed by atoms with Gasteiger partial charge in [-0.15, -0.1) is 0 Å². The van der Waals surface area contributed by atoms with Crippen LogP contribution >= 0.6 is 0 Å². The van der Waals surface area contributed by atoms with Gasteiger partial charge < -0.3 is 10.6 Å². The van der Waals surface area contributed by atoms with Crippen molar-refractivity contribution in [3.8, 4) is 0 Å². The Morgan fingerprint density at radius 3 is 2.59 bits per heavy atom. The first-order chi connectivity index (χ1) is 8.05. The zero-order valence-electron chi connectivity index (χ0n) is 9.74. The van der Waals surface area contributed by atoms with Gasteiger partial charge >= 0.3 is 6.03 Å². The van der Waals surface area contributed by atoms with Crippen molar-refractivity contribution >= 4 is 15.9 Å². The van der Waals surface area contributed by atoms with Gasteiger partial charge in [-0.25, -0.2) is 13.2 Å². The van der Waals surface area contributed by atoms with Crippen LogP contribution in [0.5, 0.6) is 0 Å². The molecule has 1 atom stereocenters. The quantitative estimate of drug-likeness (QED) is 0.773. The lowest BCUT2D eigenvalue weighted by atomic mass is 10.2. The van der Waals surface area contributed by atoms with Crippen LogP contribution in [-0.2, 0) is 9.84 Å². The number of amides is 2. The van der Waals surface area contributed by atoms with Crippen molar-refractivity contribution in [3.63, 3.8) is 0 Å². The van der Waals surface area contributed by atoms with Gasteiger partial charge in [0.25, 0.3) is 0 Å². The Labute approximate surface area is 102 Å². The van der Waals surface area contributed by atoms with Crippen molar-refractivity contribution in [2.45, 2.75) is 38.1 Å². The number of hydrogen-bond donors (Lipinski definition) is 2. The number of carbonyl (C=O) groups is 1. The fourth-order valence-corrected chi connectivity index (χ4v) is 3.95. The van der Waals surface area contributed by atoms with Gasteiger partial charge in [0.2, 0.25) is 0 Å². The van der Waals surface area contributed by atoms with Crippen molar-refractivity contribution in [1.82, 2.24) is 10.6 Å². The Balaban J connectivity index is 1.76. The first-order valence-electron chi connectivity index (χ1n) is 6.00. The summed E-state index contributed by atoms with van der Waals surface area (Å²) in [7, 11) is -2.93. The molecule has 5 nitrogen and oxygen atoms in total. The molecule has 0 radical (unpaired) electrons. The van der Waals surface area contributed by atoms with Crippen LogP contribution in [0.15, 0.2) is 11.8 Å². The minimum Gasteiger partial charge on any atom is -0.334 e. The number of nitrogens with one attached hydrogen (secondary N) is 2. The molecule has 2 rings (SSSR count). The number of urea groups is 1. The van der Waals surface area contributed by atoms with Crippen molar-refractivity contribution in [3.05, 3.63) is 11.8 Å². The lowest BCUT2D eigenvalue weighted by Crippen LogP contribution is -2.40. The highest BCUT2D eigenvalue weighted by atomic mass is 32.2. The second kappa shape index (κ2) is 5.08. The van der Waals surface area contributed by atoms with Gasteiger partial charge in [0.05, 0.1) is 11.5 Å². The van der Waals surface area contributed by atoms with E-state index in [1.165, 1.54) is 18.4 Å². The number of hydrogen-bond acceptors (Lipinski definition) is 3. The molecule has 1 aliphatic carbocycles. The molecule has 2 aliphatic rings. The van der Waals surface area contributed by atoms with Crippen LogP contribution in [0.3, 0.4) is 0 Å². The summed E-state index contributed by atoms with van der Waals surface area (Å²) in [6.07, 6.45) is 6.76. The van der Waals surface area contributed by atoms with Crippen molar-refractivity contribution < 1.29 is 13.2 Å². The standard InChI is InChI=1S/C11H18N2O3S/c14-11(12-7-9-3-1-2-4-9)13-10-5-6-17(15,16)8-10/h7,10H,1-6,8H2,(H2,12,13,14). The van der Waals surface area contributed by atoms with E-state index in [9.17, 15) is 13.2 Å². The third kappa shape index (κ3) is 3.73. The lowest BCUT2D eigenvalue weighted by molar-refractivity contribution is 0.241. The summed E-state index contributed by atoms with van der Waals surface area (Å²) in [5, 5.41) is 5.36. The molecule has 1 saturated carbocycles. The van der Waals surface area contributed by atoms with Gasteiger partial charge in [-0.3, -0.25) is 0 Å². The fourth-order valence-electron chi connectivity index (χ4n) is 2.28. The van der Waals surface area contributed by atoms with Gasteiger partial charge in [0.15, 0.2) is 9.84 Å². The van der Waals surface area contributed by atoms with Crippen LogP contribution in [0.25, 0.3) is 0 Å². The summed E-state index contributed by atoms with van der Waals surface area (Å²) in [6.45, 7) is 0. The van der Waals surface area contributed by atoms with Gasteiger partial charge in [0.1, 0.15) is 0 Å². The van der Waals surface area contributed by atoms with E-state index in [-0.39, 0.29) is 23.6 Å². The maximum Gasteiger partial charge on any atom is 0.319 e. The Bertz CT molecular complexity index is 420. The Kier molecular flexibility index (Phi) is 3.71. The van der Waals surface area contributed by atoms with E-state index in [0.717, 1.165) is 12.8 Å². The lowest BCUT2D eigenvalue weighted by Gasteiger charge is -2.10. The van der Waals surface area contributed by atoms with Crippen LogP contribution in [-0.4, -0.2) is 32.0 Å². The molecule has 1 saturated heterocycles. The second-order valence-electron chi connectivity index (χ2n) is 4.73. The van der Waals surface area contributed by atoms with E-state index >= 15 is 0 Å². The molecule has 2 N–H and O–H groups in total. The van der Waals surface area contributed by atoms with E-state index in [4.69, 9.17) is 0 Å². The summed E-state index contributed by atoms with van der Waals surface area (Å²) < 4.78 is 22.4. The molecule has 0 spiro atoms. The zero-order valence-corrected chi connectivity index (χ0v) is 10.6. The van der Waals surface area contributed by atoms with Gasteiger partial charge in [-0.1, -0.05) is 5.57 Å². The predicted molar refractivity (Wildman–Crippen MR) is 65.3 cm³/mol. The van der Waals surface area contributed by atoms with Crippen molar-refractivity contribution in [2.24, 2.45) is 0 Å². The second-order valence-corrected chi connectivity index (χ2v) is 6.96. The molecule has 2 amide bonds. The summed E-state index contributed by atoms with van der Waals surface area (Å²) in [5.74, 6) is 0.246. The largest absolute Gasteiger partial charge is 0.334 e.